The van der Waals surface area contributed by atoms with Gasteiger partial charge < -0.3 is 42.6 Å². The van der Waals surface area contributed by atoms with E-state index >= 15 is 0 Å². The largest absolute Gasteiger partial charge is 0.457 e. The fourth-order valence-corrected chi connectivity index (χ4v) is 9.45. The molecule has 4 aliphatic rings. The van der Waals surface area contributed by atoms with E-state index in [4.69, 9.17) is 42.6 Å². The lowest BCUT2D eigenvalue weighted by atomic mass is 9.83. The number of aromatic amines is 1. The molecule has 5 heterocycles. The third-order valence-electron chi connectivity index (χ3n) is 13.3. The van der Waals surface area contributed by atoms with Crippen LogP contribution in [0.25, 0.3) is 0 Å². The summed E-state index contributed by atoms with van der Waals surface area (Å²) >= 11 is 0. The Labute approximate surface area is 371 Å². The SMILES string of the molecule is CCC1(CC)OC(OC(C)=O)C(OC(C)=O)[C@H]1C.CCC1(CC)O[C@@H](n2cc(C)c(=O)[nH]c2=O)C(OC(C)=O)[C@H]1C.CCC1(CC)O[C@@H]2OC(C)(C)OC2[C@H]1OCc1ccccc1. The maximum atomic E-state index is 12.2. The zero-order valence-corrected chi connectivity index (χ0v) is 39.8. The quantitative estimate of drug-likeness (QED) is 0.157. The van der Waals surface area contributed by atoms with Gasteiger partial charge in [0, 0.05) is 44.4 Å². The van der Waals surface area contributed by atoms with Crippen LogP contribution >= 0.6 is 0 Å². The van der Waals surface area contributed by atoms with Crippen molar-refractivity contribution in [3.8, 4) is 0 Å². The van der Waals surface area contributed by atoms with Gasteiger partial charge in [0.05, 0.1) is 23.4 Å². The van der Waals surface area contributed by atoms with E-state index in [9.17, 15) is 24.0 Å². The highest BCUT2D eigenvalue weighted by atomic mass is 16.8. The Balaban J connectivity index is 0.000000209. The van der Waals surface area contributed by atoms with Crippen molar-refractivity contribution in [1.29, 1.82) is 0 Å². The minimum atomic E-state index is -0.804. The first-order valence-electron chi connectivity index (χ1n) is 22.5. The second-order valence-corrected chi connectivity index (χ2v) is 17.4. The highest BCUT2D eigenvalue weighted by Gasteiger charge is 2.61. The molecule has 0 saturated carbocycles. The van der Waals surface area contributed by atoms with Crippen LogP contribution in [-0.2, 0) is 63.6 Å². The van der Waals surface area contributed by atoms with E-state index in [1.807, 2.05) is 73.6 Å². The van der Waals surface area contributed by atoms with Gasteiger partial charge in [-0.25, -0.2) is 4.79 Å². The monoisotopic (exact) mass is 888 g/mol. The summed E-state index contributed by atoms with van der Waals surface area (Å²) in [6.07, 6.45) is 2.93. The Bertz CT molecular complexity index is 1950. The molecule has 354 valence electrons. The van der Waals surface area contributed by atoms with Gasteiger partial charge in [0.25, 0.3) is 5.56 Å². The summed E-state index contributed by atoms with van der Waals surface area (Å²) in [5.74, 6) is -1.96. The number of hydrogen-bond donors (Lipinski definition) is 1. The number of ether oxygens (including phenoxy) is 9. The van der Waals surface area contributed by atoms with Gasteiger partial charge >= 0.3 is 23.6 Å². The van der Waals surface area contributed by atoms with Crippen molar-refractivity contribution < 1.29 is 57.0 Å². The molecule has 4 unspecified atom stereocenters. The summed E-state index contributed by atoms with van der Waals surface area (Å²) in [6.45, 7) is 26.2. The molecule has 1 aromatic heterocycles. The highest BCUT2D eigenvalue weighted by Crippen LogP contribution is 2.48. The molecule has 0 spiro atoms. The minimum Gasteiger partial charge on any atom is -0.457 e. The molecule has 0 amide bonds. The van der Waals surface area contributed by atoms with Crippen LogP contribution < -0.4 is 11.2 Å². The first-order valence-corrected chi connectivity index (χ1v) is 22.5. The topological polar surface area (TPSA) is 189 Å². The Morgan fingerprint density at radius 3 is 1.71 bits per heavy atom. The van der Waals surface area contributed by atoms with Gasteiger partial charge in [-0.3, -0.25) is 28.7 Å². The average molecular weight is 889 g/mol. The van der Waals surface area contributed by atoms with E-state index in [1.54, 1.807) is 6.92 Å². The van der Waals surface area contributed by atoms with E-state index in [0.29, 0.717) is 12.2 Å². The minimum absolute atomic E-state index is 0.0132. The fraction of sp³-hybridized carbons (Fsp3) is 0.723. The number of nitrogens with one attached hydrogen (secondary N) is 1. The summed E-state index contributed by atoms with van der Waals surface area (Å²) in [6, 6.07) is 10.2. The van der Waals surface area contributed by atoms with Crippen molar-refractivity contribution in [1.82, 2.24) is 9.55 Å². The number of fused-ring (bicyclic) bond motifs is 1. The second kappa shape index (κ2) is 21.4. The second-order valence-electron chi connectivity index (χ2n) is 17.4. The van der Waals surface area contributed by atoms with Crippen LogP contribution in [0.2, 0.25) is 0 Å². The molecule has 4 fully saturated rings. The molecule has 16 heteroatoms. The molecule has 9 atom stereocenters. The van der Waals surface area contributed by atoms with Crippen LogP contribution in [0.15, 0.2) is 46.1 Å². The summed E-state index contributed by atoms with van der Waals surface area (Å²) in [5.41, 5.74) is -0.663. The first kappa shape index (κ1) is 51.7. The molecular formula is C47H72N2O14. The maximum Gasteiger partial charge on any atom is 0.330 e. The zero-order valence-electron chi connectivity index (χ0n) is 39.8. The Morgan fingerprint density at radius 2 is 1.19 bits per heavy atom. The molecule has 0 aliphatic carbocycles. The number of aryl methyl sites for hydroxylation is 1. The number of H-pyrrole nitrogens is 1. The fourth-order valence-electron chi connectivity index (χ4n) is 9.45. The standard InChI is InChI=1S/C18H26O4.C16H24N2O5.C13H22O5/c1-5-18(6-2)15(19-12-13-10-8-7-9-11-13)14-16(22-18)21-17(3,4)20-14;1-6-16(7-2)10(4)12(22-11(5)19)14(23-16)18-8-9(3)13(20)17-15(18)21;1-6-13(7-2)8(3)11(16-9(4)14)12(18-13)17-10(5)15/h7-11,14-16H,5-6,12H2,1-4H3;8,10,12,14H,6-7H2,1-5H3,(H,17,20,21);8,11-12H,6-7H2,1-5H3/t14?,15-,16+;10-,12?,14-;8-,11?,12?/m111/s1. The molecule has 1 aromatic carbocycles. The van der Waals surface area contributed by atoms with Gasteiger partial charge in [-0.05, 0) is 64.9 Å². The Morgan fingerprint density at radius 1 is 0.683 bits per heavy atom. The number of hydrogen-bond acceptors (Lipinski definition) is 14. The smallest absolute Gasteiger partial charge is 0.330 e. The molecule has 1 N–H and O–H groups in total. The molecular weight excluding hydrogens is 817 g/mol. The molecule has 0 radical (unpaired) electrons. The lowest BCUT2D eigenvalue weighted by molar-refractivity contribution is -0.246. The van der Waals surface area contributed by atoms with Crippen molar-refractivity contribution in [2.24, 2.45) is 11.8 Å². The number of carbonyl (C=O) groups excluding carboxylic acids is 3. The molecule has 63 heavy (non-hydrogen) atoms. The first-order chi connectivity index (χ1) is 29.6. The summed E-state index contributed by atoms with van der Waals surface area (Å²) in [4.78, 5) is 59.8. The lowest BCUT2D eigenvalue weighted by Gasteiger charge is -2.35. The van der Waals surface area contributed by atoms with Crippen LogP contribution in [0.1, 0.15) is 146 Å². The van der Waals surface area contributed by atoms with Crippen LogP contribution in [0.5, 0.6) is 0 Å². The van der Waals surface area contributed by atoms with Gasteiger partial charge in [0.15, 0.2) is 30.5 Å². The molecule has 16 nitrogen and oxygen atoms in total. The third-order valence-corrected chi connectivity index (χ3v) is 13.3. The summed E-state index contributed by atoms with van der Waals surface area (Å²) in [7, 11) is 0. The van der Waals surface area contributed by atoms with Gasteiger partial charge in [-0.15, -0.1) is 0 Å². The van der Waals surface area contributed by atoms with Crippen molar-refractivity contribution in [2.45, 2.75) is 208 Å². The van der Waals surface area contributed by atoms with Crippen LogP contribution in [-0.4, -0.2) is 87.0 Å². The van der Waals surface area contributed by atoms with Crippen molar-refractivity contribution in [2.75, 3.05) is 0 Å². The van der Waals surface area contributed by atoms with E-state index in [-0.39, 0.29) is 35.9 Å². The maximum absolute atomic E-state index is 12.2. The van der Waals surface area contributed by atoms with E-state index < -0.39 is 70.9 Å². The normalized spacial score (nSPS) is 29.3. The van der Waals surface area contributed by atoms with Gasteiger partial charge in [0.1, 0.15) is 12.2 Å². The van der Waals surface area contributed by atoms with Crippen LogP contribution in [0.4, 0.5) is 0 Å². The predicted octanol–water partition coefficient (Wildman–Crippen LogP) is 7.17. The van der Waals surface area contributed by atoms with Crippen LogP contribution in [0, 0.1) is 18.8 Å². The van der Waals surface area contributed by atoms with Crippen LogP contribution in [0.3, 0.4) is 0 Å². The highest BCUT2D eigenvalue weighted by molar-refractivity contribution is 5.67. The Hall–Kier alpha value is -3.93. The van der Waals surface area contributed by atoms with Crippen molar-refractivity contribution >= 4 is 17.9 Å². The van der Waals surface area contributed by atoms with Crippen molar-refractivity contribution in [3.05, 3.63) is 68.5 Å². The lowest BCUT2D eigenvalue weighted by Crippen LogP contribution is -2.46. The molecule has 2 aromatic rings. The predicted molar refractivity (Wildman–Crippen MR) is 232 cm³/mol. The Kier molecular flexibility index (Phi) is 17.5. The molecule has 4 aliphatic heterocycles. The van der Waals surface area contributed by atoms with Gasteiger partial charge in [0.2, 0.25) is 6.29 Å². The van der Waals surface area contributed by atoms with E-state index in [1.165, 1.54) is 31.5 Å². The van der Waals surface area contributed by atoms with E-state index in [0.717, 1.165) is 44.1 Å². The third kappa shape index (κ3) is 11.5. The zero-order chi connectivity index (χ0) is 47.1. The van der Waals surface area contributed by atoms with E-state index in [2.05, 4.69) is 31.0 Å². The number of nitrogens with zero attached hydrogens (tertiary/aromatic N) is 1. The summed E-state index contributed by atoms with van der Waals surface area (Å²) < 4.78 is 53.7. The van der Waals surface area contributed by atoms with Gasteiger partial charge in [-0.1, -0.05) is 85.7 Å². The van der Waals surface area contributed by atoms with Gasteiger partial charge in [-0.2, -0.15) is 0 Å². The molecule has 4 saturated heterocycles. The number of benzene rings is 1. The average Bonchev–Trinajstić information content (AvgIpc) is 3.88. The van der Waals surface area contributed by atoms with Crippen molar-refractivity contribution in [3.63, 3.8) is 0 Å². The number of esters is 3. The molecule has 0 bridgehead atoms. The number of aromatic nitrogens is 2. The summed E-state index contributed by atoms with van der Waals surface area (Å²) in [5, 5.41) is 0. The number of rotatable bonds is 13. The number of carbonyl (C=O) groups is 3. The molecule has 6 rings (SSSR count).